The summed E-state index contributed by atoms with van der Waals surface area (Å²) in [6.45, 7) is 6.29. The summed E-state index contributed by atoms with van der Waals surface area (Å²) < 4.78 is 0. The smallest absolute Gasteiger partial charge is 0.0351 e. The van der Waals surface area contributed by atoms with Crippen LogP contribution in [0.2, 0.25) is 0 Å². The first kappa shape index (κ1) is 12.8. The van der Waals surface area contributed by atoms with Crippen molar-refractivity contribution in [3.05, 3.63) is 64.5 Å². The minimum Gasteiger partial charge on any atom is -0.324 e. The number of rotatable bonds is 3. The van der Waals surface area contributed by atoms with Crippen molar-refractivity contribution in [2.75, 3.05) is 0 Å². The van der Waals surface area contributed by atoms with Crippen LogP contribution >= 0.6 is 0 Å². The summed E-state index contributed by atoms with van der Waals surface area (Å²) in [5.74, 6) is 0. The molecule has 1 unspecified atom stereocenters. The molecule has 2 rings (SSSR count). The predicted molar refractivity (Wildman–Crippen MR) is 75.5 cm³/mol. The highest BCUT2D eigenvalue weighted by molar-refractivity contribution is 5.32. The lowest BCUT2D eigenvalue weighted by molar-refractivity contribution is 0.713. The Morgan fingerprint density at radius 2 is 1.83 bits per heavy atom. The lowest BCUT2D eigenvalue weighted by Gasteiger charge is -2.14. The minimum atomic E-state index is 0.0119. The van der Waals surface area contributed by atoms with Gasteiger partial charge in [-0.15, -0.1) is 0 Å². The van der Waals surface area contributed by atoms with Crippen molar-refractivity contribution in [2.24, 2.45) is 5.73 Å². The molecular formula is C16H20N2. The molecule has 0 bridgehead atoms. The van der Waals surface area contributed by atoms with Crippen molar-refractivity contribution in [1.82, 2.24) is 4.98 Å². The van der Waals surface area contributed by atoms with Crippen LogP contribution in [0.1, 0.15) is 33.9 Å². The molecule has 1 aromatic heterocycles. The van der Waals surface area contributed by atoms with Gasteiger partial charge in [0.2, 0.25) is 0 Å². The van der Waals surface area contributed by atoms with Crippen LogP contribution in [0.3, 0.4) is 0 Å². The topological polar surface area (TPSA) is 38.9 Å². The molecule has 0 spiro atoms. The maximum absolute atomic E-state index is 6.27. The zero-order valence-corrected chi connectivity index (χ0v) is 11.3. The van der Waals surface area contributed by atoms with Crippen LogP contribution in [0.4, 0.5) is 0 Å². The van der Waals surface area contributed by atoms with Crippen LogP contribution < -0.4 is 5.73 Å². The van der Waals surface area contributed by atoms with Gasteiger partial charge < -0.3 is 5.73 Å². The Morgan fingerprint density at radius 1 is 1.06 bits per heavy atom. The molecule has 94 valence electrons. The summed E-state index contributed by atoms with van der Waals surface area (Å²) >= 11 is 0. The second-order valence-corrected chi connectivity index (χ2v) is 5.04. The van der Waals surface area contributed by atoms with Gasteiger partial charge in [-0.3, -0.25) is 4.98 Å². The van der Waals surface area contributed by atoms with Crippen LogP contribution in [-0.4, -0.2) is 4.98 Å². The van der Waals surface area contributed by atoms with Gasteiger partial charge in [0.1, 0.15) is 0 Å². The molecular weight excluding hydrogens is 220 g/mol. The number of hydrogen-bond donors (Lipinski definition) is 1. The summed E-state index contributed by atoms with van der Waals surface area (Å²) in [4.78, 5) is 4.21. The van der Waals surface area contributed by atoms with E-state index in [1.54, 1.807) is 0 Å². The van der Waals surface area contributed by atoms with Crippen molar-refractivity contribution >= 4 is 0 Å². The first-order valence-corrected chi connectivity index (χ1v) is 6.29. The molecule has 0 saturated heterocycles. The molecule has 1 atom stereocenters. The van der Waals surface area contributed by atoms with E-state index in [2.05, 4.69) is 43.1 Å². The maximum Gasteiger partial charge on any atom is 0.0351 e. The Kier molecular flexibility index (Phi) is 3.78. The number of hydrogen-bond acceptors (Lipinski definition) is 2. The van der Waals surface area contributed by atoms with Crippen LogP contribution in [-0.2, 0) is 6.42 Å². The fraction of sp³-hybridized carbons (Fsp3) is 0.312. The molecule has 0 radical (unpaired) electrons. The van der Waals surface area contributed by atoms with Crippen LogP contribution in [0.5, 0.6) is 0 Å². The highest BCUT2D eigenvalue weighted by Crippen LogP contribution is 2.19. The second-order valence-electron chi connectivity index (χ2n) is 5.04. The maximum atomic E-state index is 6.27. The van der Waals surface area contributed by atoms with E-state index in [0.29, 0.717) is 0 Å². The van der Waals surface area contributed by atoms with Gasteiger partial charge in [0.05, 0.1) is 0 Å². The Hall–Kier alpha value is -1.67. The number of aryl methyl sites for hydroxylation is 3. The normalized spacial score (nSPS) is 12.4. The Balaban J connectivity index is 2.21. The highest BCUT2D eigenvalue weighted by Gasteiger charge is 2.09. The monoisotopic (exact) mass is 240 g/mol. The van der Waals surface area contributed by atoms with Crippen molar-refractivity contribution in [2.45, 2.75) is 33.2 Å². The molecule has 0 fully saturated rings. The average molecular weight is 240 g/mol. The number of benzene rings is 1. The Labute approximate surface area is 109 Å². The molecule has 18 heavy (non-hydrogen) atoms. The third-order valence-electron chi connectivity index (χ3n) is 3.27. The summed E-state index contributed by atoms with van der Waals surface area (Å²) in [6.07, 6.45) is 4.58. The van der Waals surface area contributed by atoms with Crippen molar-refractivity contribution in [3.8, 4) is 0 Å². The van der Waals surface area contributed by atoms with Gasteiger partial charge in [0, 0.05) is 18.4 Å². The average Bonchev–Trinajstić information content (AvgIpc) is 2.34. The quantitative estimate of drug-likeness (QED) is 0.894. The van der Waals surface area contributed by atoms with Crippen LogP contribution in [0.25, 0.3) is 0 Å². The van der Waals surface area contributed by atoms with E-state index in [1.807, 2.05) is 19.3 Å². The van der Waals surface area contributed by atoms with Gasteiger partial charge >= 0.3 is 0 Å². The SMILES string of the molecule is Cc1cncc(C(N)Cc2cc(C)ccc2C)c1. The van der Waals surface area contributed by atoms with E-state index in [-0.39, 0.29) is 6.04 Å². The van der Waals surface area contributed by atoms with Crippen molar-refractivity contribution in [1.29, 1.82) is 0 Å². The van der Waals surface area contributed by atoms with E-state index in [0.717, 1.165) is 17.5 Å². The molecule has 2 N–H and O–H groups in total. The first-order chi connectivity index (χ1) is 8.56. The van der Waals surface area contributed by atoms with Gasteiger partial charge in [-0.1, -0.05) is 29.8 Å². The molecule has 1 aromatic carbocycles. The summed E-state index contributed by atoms with van der Waals surface area (Å²) in [5, 5.41) is 0. The molecule has 0 saturated carbocycles. The van der Waals surface area contributed by atoms with Gasteiger partial charge in [-0.05, 0) is 49.4 Å². The fourth-order valence-electron chi connectivity index (χ4n) is 2.16. The third kappa shape index (κ3) is 2.96. The zero-order valence-electron chi connectivity index (χ0n) is 11.3. The molecule has 0 aliphatic carbocycles. The predicted octanol–water partition coefficient (Wildman–Crippen LogP) is 3.25. The lowest BCUT2D eigenvalue weighted by atomic mass is 9.96. The largest absolute Gasteiger partial charge is 0.324 e. The second kappa shape index (κ2) is 5.32. The van der Waals surface area contributed by atoms with Gasteiger partial charge in [-0.2, -0.15) is 0 Å². The Morgan fingerprint density at radius 3 is 2.56 bits per heavy atom. The van der Waals surface area contributed by atoms with Crippen LogP contribution in [0, 0.1) is 20.8 Å². The molecule has 2 heteroatoms. The number of aromatic nitrogens is 1. The molecule has 0 amide bonds. The fourth-order valence-corrected chi connectivity index (χ4v) is 2.16. The standard InChI is InChI=1S/C16H20N2/c1-11-4-5-13(3)14(6-11)8-16(17)15-7-12(2)9-18-10-15/h4-7,9-10,16H,8,17H2,1-3H3. The molecule has 0 aliphatic rings. The minimum absolute atomic E-state index is 0.0119. The van der Waals surface area contributed by atoms with E-state index in [1.165, 1.54) is 16.7 Å². The Bertz CT molecular complexity index is 547. The lowest BCUT2D eigenvalue weighted by Crippen LogP contribution is -2.14. The van der Waals surface area contributed by atoms with Gasteiger partial charge in [-0.25, -0.2) is 0 Å². The van der Waals surface area contributed by atoms with Crippen LogP contribution in [0.15, 0.2) is 36.7 Å². The van der Waals surface area contributed by atoms with Gasteiger partial charge in [0.15, 0.2) is 0 Å². The third-order valence-corrected chi connectivity index (χ3v) is 3.27. The number of pyridine rings is 1. The molecule has 2 nitrogen and oxygen atoms in total. The van der Waals surface area contributed by atoms with E-state index in [4.69, 9.17) is 5.73 Å². The van der Waals surface area contributed by atoms with Gasteiger partial charge in [0.25, 0.3) is 0 Å². The first-order valence-electron chi connectivity index (χ1n) is 6.29. The summed E-state index contributed by atoms with van der Waals surface area (Å²) in [7, 11) is 0. The summed E-state index contributed by atoms with van der Waals surface area (Å²) in [6, 6.07) is 8.64. The molecule has 0 aliphatic heterocycles. The molecule has 2 aromatic rings. The van der Waals surface area contributed by atoms with E-state index >= 15 is 0 Å². The van der Waals surface area contributed by atoms with Crippen molar-refractivity contribution in [3.63, 3.8) is 0 Å². The number of nitrogens with two attached hydrogens (primary N) is 1. The number of nitrogens with zero attached hydrogens (tertiary/aromatic N) is 1. The summed E-state index contributed by atoms with van der Waals surface area (Å²) in [5.41, 5.74) is 12.4. The highest BCUT2D eigenvalue weighted by atomic mass is 14.7. The van der Waals surface area contributed by atoms with E-state index in [9.17, 15) is 0 Å². The van der Waals surface area contributed by atoms with Crippen molar-refractivity contribution < 1.29 is 0 Å². The van der Waals surface area contributed by atoms with E-state index < -0.39 is 0 Å². The zero-order chi connectivity index (χ0) is 13.1. The molecule has 1 heterocycles.